The summed E-state index contributed by atoms with van der Waals surface area (Å²) in [6.07, 6.45) is 2.45. The van der Waals surface area contributed by atoms with Crippen LogP contribution in [0.5, 0.6) is 0 Å². The largest absolute Gasteiger partial charge is 0.459 e. The maximum absolute atomic E-state index is 12.8. The molecule has 2 heterocycles. The van der Waals surface area contributed by atoms with Gasteiger partial charge in [0.05, 0.1) is 19.4 Å². The van der Waals surface area contributed by atoms with E-state index in [0.29, 0.717) is 24.1 Å². The van der Waals surface area contributed by atoms with Crippen molar-refractivity contribution in [2.75, 3.05) is 18.4 Å². The number of nitrogens with zero attached hydrogens (tertiary/aromatic N) is 3. The topological polar surface area (TPSA) is 84.4 Å². The van der Waals surface area contributed by atoms with E-state index < -0.39 is 0 Å². The summed E-state index contributed by atoms with van der Waals surface area (Å²) >= 11 is 0. The second-order valence-electron chi connectivity index (χ2n) is 7.15. The third-order valence-corrected chi connectivity index (χ3v) is 4.75. The average molecular weight is 416 g/mol. The molecule has 2 aromatic heterocycles. The van der Waals surface area contributed by atoms with E-state index in [1.54, 1.807) is 18.4 Å². The van der Waals surface area contributed by atoms with Crippen molar-refractivity contribution in [3.63, 3.8) is 0 Å². The van der Waals surface area contributed by atoms with E-state index in [0.717, 1.165) is 29.8 Å². The fourth-order valence-electron chi connectivity index (χ4n) is 3.39. The summed E-state index contributed by atoms with van der Waals surface area (Å²) < 4.78 is 11.0. The summed E-state index contributed by atoms with van der Waals surface area (Å²) in [5.74, 6) is 1.20. The second kappa shape index (κ2) is 9.86. The van der Waals surface area contributed by atoms with Gasteiger partial charge in [-0.15, -0.1) is 10.2 Å². The monoisotopic (exact) mass is 416 g/mol. The molecule has 0 bridgehead atoms. The first kappa shape index (κ1) is 20.6. The van der Waals surface area contributed by atoms with Gasteiger partial charge in [-0.1, -0.05) is 55.5 Å². The molecule has 7 heteroatoms. The SMILES string of the molecule is CCCN(CC(=O)Nc1ccccc1-c1ccccc1)Cc1nnc(-c2ccco2)o1. The van der Waals surface area contributed by atoms with Crippen LogP contribution in [0.2, 0.25) is 0 Å². The highest BCUT2D eigenvalue weighted by Gasteiger charge is 2.17. The van der Waals surface area contributed by atoms with Crippen LogP contribution in [0.1, 0.15) is 19.2 Å². The van der Waals surface area contributed by atoms with Gasteiger partial charge in [-0.25, -0.2) is 0 Å². The van der Waals surface area contributed by atoms with Gasteiger partial charge in [0, 0.05) is 11.3 Å². The first-order valence-corrected chi connectivity index (χ1v) is 10.3. The molecule has 0 atom stereocenters. The molecule has 0 radical (unpaired) electrons. The molecule has 1 amide bonds. The van der Waals surface area contributed by atoms with Crippen molar-refractivity contribution < 1.29 is 13.6 Å². The number of amides is 1. The number of nitrogens with one attached hydrogen (secondary N) is 1. The number of hydrogen-bond acceptors (Lipinski definition) is 6. The molecule has 2 aromatic carbocycles. The van der Waals surface area contributed by atoms with Crippen molar-refractivity contribution >= 4 is 11.6 Å². The molecule has 1 N–H and O–H groups in total. The van der Waals surface area contributed by atoms with Gasteiger partial charge < -0.3 is 14.2 Å². The predicted octanol–water partition coefficient (Wildman–Crippen LogP) is 4.85. The lowest BCUT2D eigenvalue weighted by atomic mass is 10.0. The Labute approximate surface area is 180 Å². The Morgan fingerprint density at radius 2 is 1.81 bits per heavy atom. The lowest BCUT2D eigenvalue weighted by Crippen LogP contribution is -2.33. The van der Waals surface area contributed by atoms with Crippen LogP contribution >= 0.6 is 0 Å². The average Bonchev–Trinajstić information content (AvgIpc) is 3.47. The highest BCUT2D eigenvalue weighted by Crippen LogP contribution is 2.27. The molecule has 0 aliphatic heterocycles. The Morgan fingerprint density at radius 1 is 1.00 bits per heavy atom. The minimum atomic E-state index is -0.0948. The highest BCUT2D eigenvalue weighted by molar-refractivity contribution is 5.96. The van der Waals surface area contributed by atoms with Crippen LogP contribution in [0.15, 0.2) is 81.8 Å². The van der Waals surface area contributed by atoms with Gasteiger partial charge in [0.2, 0.25) is 11.8 Å². The molecule has 0 aliphatic rings. The van der Waals surface area contributed by atoms with Crippen LogP contribution in [0.4, 0.5) is 5.69 Å². The molecule has 4 rings (SSSR count). The number of carbonyl (C=O) groups excluding carboxylic acids is 1. The molecular weight excluding hydrogens is 392 g/mol. The maximum Gasteiger partial charge on any atom is 0.283 e. The molecular formula is C24H24N4O3. The highest BCUT2D eigenvalue weighted by atomic mass is 16.4. The summed E-state index contributed by atoms with van der Waals surface area (Å²) in [4.78, 5) is 14.8. The van der Waals surface area contributed by atoms with Crippen molar-refractivity contribution in [2.45, 2.75) is 19.9 Å². The zero-order valence-electron chi connectivity index (χ0n) is 17.3. The van der Waals surface area contributed by atoms with Crippen LogP contribution in [0.3, 0.4) is 0 Å². The third-order valence-electron chi connectivity index (χ3n) is 4.75. The third kappa shape index (κ3) is 5.26. The fourth-order valence-corrected chi connectivity index (χ4v) is 3.39. The van der Waals surface area contributed by atoms with Gasteiger partial charge >= 0.3 is 0 Å². The van der Waals surface area contributed by atoms with E-state index in [1.165, 1.54) is 0 Å². The molecule has 158 valence electrons. The Morgan fingerprint density at radius 3 is 2.58 bits per heavy atom. The zero-order valence-corrected chi connectivity index (χ0v) is 17.3. The van der Waals surface area contributed by atoms with Crippen molar-refractivity contribution in [3.8, 4) is 22.8 Å². The standard InChI is InChI=1S/C24H24N4O3/c1-2-14-28(17-23-26-27-24(31-23)21-13-8-15-30-21)16-22(29)25-20-12-7-6-11-19(20)18-9-4-3-5-10-18/h3-13,15H,2,14,16-17H2,1H3,(H,25,29). The number of anilines is 1. The number of para-hydroxylation sites is 1. The Hall–Kier alpha value is -3.71. The van der Waals surface area contributed by atoms with E-state index in [-0.39, 0.29) is 12.5 Å². The number of furan rings is 1. The summed E-state index contributed by atoms with van der Waals surface area (Å²) in [6.45, 7) is 3.40. The number of aromatic nitrogens is 2. The number of rotatable bonds is 9. The first-order chi connectivity index (χ1) is 15.2. The normalized spacial score (nSPS) is 11.0. The molecule has 4 aromatic rings. The van der Waals surface area contributed by atoms with Crippen molar-refractivity contribution in [2.24, 2.45) is 0 Å². The Bertz CT molecular complexity index is 1110. The fraction of sp³-hybridized carbons (Fsp3) is 0.208. The first-order valence-electron chi connectivity index (χ1n) is 10.3. The molecule has 31 heavy (non-hydrogen) atoms. The van der Waals surface area contributed by atoms with Crippen molar-refractivity contribution in [3.05, 3.63) is 78.9 Å². The van der Waals surface area contributed by atoms with Gasteiger partial charge in [0.15, 0.2) is 5.76 Å². The summed E-state index contributed by atoms with van der Waals surface area (Å²) in [5.41, 5.74) is 2.83. The van der Waals surface area contributed by atoms with Gasteiger partial charge in [0.25, 0.3) is 5.89 Å². The van der Waals surface area contributed by atoms with E-state index in [2.05, 4.69) is 22.4 Å². The molecule has 0 saturated heterocycles. The number of hydrogen-bond donors (Lipinski definition) is 1. The molecule has 0 unspecified atom stereocenters. The molecule has 0 aliphatic carbocycles. The molecule has 0 spiro atoms. The van der Waals surface area contributed by atoms with Gasteiger partial charge in [-0.3, -0.25) is 9.69 Å². The molecule has 0 fully saturated rings. The maximum atomic E-state index is 12.8. The van der Waals surface area contributed by atoms with E-state index in [1.807, 2.05) is 59.5 Å². The summed E-state index contributed by atoms with van der Waals surface area (Å²) in [5, 5.41) is 11.2. The molecule has 0 saturated carbocycles. The summed E-state index contributed by atoms with van der Waals surface area (Å²) in [7, 11) is 0. The number of benzene rings is 2. The Balaban J connectivity index is 1.43. The quantitative estimate of drug-likeness (QED) is 0.420. The van der Waals surface area contributed by atoms with Gasteiger partial charge in [-0.05, 0) is 36.7 Å². The van der Waals surface area contributed by atoms with Gasteiger partial charge in [-0.2, -0.15) is 0 Å². The van der Waals surface area contributed by atoms with E-state index >= 15 is 0 Å². The minimum Gasteiger partial charge on any atom is -0.459 e. The van der Waals surface area contributed by atoms with Crippen LogP contribution in [-0.2, 0) is 11.3 Å². The lowest BCUT2D eigenvalue weighted by Gasteiger charge is -2.20. The van der Waals surface area contributed by atoms with Crippen molar-refractivity contribution in [1.29, 1.82) is 0 Å². The van der Waals surface area contributed by atoms with Crippen molar-refractivity contribution in [1.82, 2.24) is 15.1 Å². The summed E-state index contributed by atoms with van der Waals surface area (Å²) in [6, 6.07) is 21.3. The van der Waals surface area contributed by atoms with Crippen LogP contribution in [0.25, 0.3) is 22.8 Å². The molecule has 7 nitrogen and oxygen atoms in total. The van der Waals surface area contributed by atoms with Crippen LogP contribution in [-0.4, -0.2) is 34.1 Å². The number of carbonyl (C=O) groups is 1. The lowest BCUT2D eigenvalue weighted by molar-refractivity contribution is -0.117. The minimum absolute atomic E-state index is 0.0948. The predicted molar refractivity (Wildman–Crippen MR) is 118 cm³/mol. The Kier molecular flexibility index (Phi) is 6.54. The van der Waals surface area contributed by atoms with Gasteiger partial charge in [0.1, 0.15) is 0 Å². The second-order valence-corrected chi connectivity index (χ2v) is 7.15. The van der Waals surface area contributed by atoms with Crippen LogP contribution in [0, 0.1) is 0 Å². The zero-order chi connectivity index (χ0) is 21.5. The van der Waals surface area contributed by atoms with E-state index in [9.17, 15) is 4.79 Å². The smallest absolute Gasteiger partial charge is 0.283 e. The van der Waals surface area contributed by atoms with E-state index in [4.69, 9.17) is 8.83 Å². The van der Waals surface area contributed by atoms with Crippen LogP contribution < -0.4 is 5.32 Å².